The maximum absolute atomic E-state index is 12.3. The summed E-state index contributed by atoms with van der Waals surface area (Å²) in [5.41, 5.74) is 0.803. The maximum atomic E-state index is 12.3. The van der Waals surface area contributed by atoms with Gasteiger partial charge in [0.25, 0.3) is 0 Å². The Hall–Kier alpha value is -2.41. The van der Waals surface area contributed by atoms with Crippen LogP contribution in [-0.4, -0.2) is 38.6 Å². The minimum atomic E-state index is -1.07. The van der Waals surface area contributed by atoms with Gasteiger partial charge in [0.1, 0.15) is 6.54 Å². The van der Waals surface area contributed by atoms with Gasteiger partial charge in [-0.05, 0) is 24.6 Å². The molecule has 0 saturated carbocycles. The van der Waals surface area contributed by atoms with Crippen LogP contribution in [0.2, 0.25) is 5.02 Å². The number of benzene rings is 1. The van der Waals surface area contributed by atoms with Gasteiger partial charge in [0.05, 0.1) is 0 Å². The van der Waals surface area contributed by atoms with Gasteiger partial charge < -0.3 is 14.5 Å². The first-order valence-electron chi connectivity index (χ1n) is 6.97. The minimum absolute atomic E-state index is 0.0997. The summed E-state index contributed by atoms with van der Waals surface area (Å²) in [5, 5.41) is 13.2. The lowest BCUT2D eigenvalue weighted by Gasteiger charge is -2.20. The minimum Gasteiger partial charge on any atom is -0.480 e. The summed E-state index contributed by atoms with van der Waals surface area (Å²) in [5.74, 6) is -0.507. The largest absolute Gasteiger partial charge is 0.480 e. The number of aryl methyl sites for hydroxylation is 2. The van der Waals surface area contributed by atoms with E-state index in [4.69, 9.17) is 21.2 Å². The van der Waals surface area contributed by atoms with Crippen molar-refractivity contribution >= 4 is 23.5 Å². The van der Waals surface area contributed by atoms with Crippen molar-refractivity contribution < 1.29 is 19.2 Å². The molecule has 1 N–H and O–H groups in total. The molecule has 1 aromatic heterocycles. The van der Waals surface area contributed by atoms with Gasteiger partial charge in [0, 0.05) is 24.4 Å². The van der Waals surface area contributed by atoms with E-state index in [-0.39, 0.29) is 31.8 Å². The van der Waals surface area contributed by atoms with Gasteiger partial charge in [0.2, 0.25) is 11.8 Å². The van der Waals surface area contributed by atoms with Gasteiger partial charge >= 0.3 is 5.97 Å². The molecule has 0 aliphatic carbocycles. The number of rotatable bonds is 7. The van der Waals surface area contributed by atoms with Crippen LogP contribution in [0.4, 0.5) is 0 Å². The van der Waals surface area contributed by atoms with Crippen molar-refractivity contribution in [2.24, 2.45) is 0 Å². The molecule has 0 unspecified atom stereocenters. The van der Waals surface area contributed by atoms with Crippen molar-refractivity contribution in [3.05, 3.63) is 46.6 Å². The first-order chi connectivity index (χ1) is 10.9. The van der Waals surface area contributed by atoms with E-state index in [9.17, 15) is 9.59 Å². The highest BCUT2D eigenvalue weighted by atomic mass is 35.5. The summed E-state index contributed by atoms with van der Waals surface area (Å²) in [4.78, 5) is 28.5. The van der Waals surface area contributed by atoms with Crippen molar-refractivity contribution in [3.8, 4) is 0 Å². The third-order valence-corrected chi connectivity index (χ3v) is 3.34. The summed E-state index contributed by atoms with van der Waals surface area (Å²) < 4.78 is 4.94. The van der Waals surface area contributed by atoms with E-state index in [1.807, 2.05) is 0 Å². The fraction of sp³-hybridized carbons (Fsp3) is 0.333. The molecule has 1 amide bonds. The average Bonchev–Trinajstić information content (AvgIpc) is 2.91. The molecule has 0 aliphatic rings. The van der Waals surface area contributed by atoms with Crippen LogP contribution in [0.15, 0.2) is 28.8 Å². The number of amides is 1. The molecule has 23 heavy (non-hydrogen) atoms. The highest BCUT2D eigenvalue weighted by Crippen LogP contribution is 2.13. The molecule has 8 heteroatoms. The van der Waals surface area contributed by atoms with Crippen molar-refractivity contribution in [1.82, 2.24) is 15.0 Å². The summed E-state index contributed by atoms with van der Waals surface area (Å²) in [6, 6.07) is 6.90. The van der Waals surface area contributed by atoms with E-state index in [0.29, 0.717) is 16.7 Å². The van der Waals surface area contributed by atoms with Gasteiger partial charge in [-0.15, -0.1) is 0 Å². The van der Waals surface area contributed by atoms with Crippen LogP contribution < -0.4 is 0 Å². The zero-order chi connectivity index (χ0) is 16.8. The Bertz CT molecular complexity index is 684. The average molecular weight is 338 g/mol. The zero-order valence-electron chi connectivity index (χ0n) is 12.5. The highest BCUT2D eigenvalue weighted by molar-refractivity contribution is 6.30. The van der Waals surface area contributed by atoms with E-state index in [1.165, 1.54) is 4.90 Å². The number of aromatic nitrogens is 2. The Morgan fingerprint density at radius 1 is 1.30 bits per heavy atom. The molecule has 1 heterocycles. The van der Waals surface area contributed by atoms with Crippen LogP contribution in [0.5, 0.6) is 0 Å². The van der Waals surface area contributed by atoms with Gasteiger partial charge in [-0.25, -0.2) is 0 Å². The fourth-order valence-corrected chi connectivity index (χ4v) is 2.15. The summed E-state index contributed by atoms with van der Waals surface area (Å²) in [7, 11) is 0. The second-order valence-electron chi connectivity index (χ2n) is 5.01. The molecule has 0 radical (unpaired) electrons. The topological polar surface area (TPSA) is 96.5 Å². The van der Waals surface area contributed by atoms with Crippen LogP contribution in [-0.2, 0) is 22.6 Å². The quantitative estimate of drug-likeness (QED) is 0.830. The molecule has 2 rings (SSSR count). The van der Waals surface area contributed by atoms with Gasteiger partial charge in [0.15, 0.2) is 5.82 Å². The molecule has 0 atom stereocenters. The maximum Gasteiger partial charge on any atom is 0.323 e. The second-order valence-corrected chi connectivity index (χ2v) is 5.44. The van der Waals surface area contributed by atoms with E-state index < -0.39 is 5.97 Å². The Morgan fingerprint density at radius 3 is 2.57 bits per heavy atom. The monoisotopic (exact) mass is 337 g/mol. The van der Waals surface area contributed by atoms with Crippen LogP contribution in [0, 0.1) is 6.92 Å². The number of carbonyl (C=O) groups excluding carboxylic acids is 1. The highest BCUT2D eigenvalue weighted by Gasteiger charge is 2.18. The molecule has 1 aromatic carbocycles. The lowest BCUT2D eigenvalue weighted by molar-refractivity contribution is -0.144. The first kappa shape index (κ1) is 17.0. The van der Waals surface area contributed by atoms with Crippen molar-refractivity contribution in [2.45, 2.75) is 26.3 Å². The lowest BCUT2D eigenvalue weighted by atomic mass is 10.2. The van der Waals surface area contributed by atoms with Crippen molar-refractivity contribution in [1.29, 1.82) is 0 Å². The third-order valence-electron chi connectivity index (χ3n) is 3.09. The second kappa shape index (κ2) is 7.73. The molecule has 7 nitrogen and oxygen atoms in total. The Balaban J connectivity index is 1.99. The van der Waals surface area contributed by atoms with Gasteiger partial charge in [-0.2, -0.15) is 4.98 Å². The first-order valence-corrected chi connectivity index (χ1v) is 7.35. The van der Waals surface area contributed by atoms with Crippen molar-refractivity contribution in [2.75, 3.05) is 6.54 Å². The third kappa shape index (κ3) is 5.37. The van der Waals surface area contributed by atoms with Crippen LogP contribution in [0.1, 0.15) is 23.7 Å². The van der Waals surface area contributed by atoms with Crippen LogP contribution in [0.25, 0.3) is 0 Å². The summed E-state index contributed by atoms with van der Waals surface area (Å²) in [6.07, 6.45) is 0.374. The SMILES string of the molecule is Cc1noc(CCC(=O)N(CC(=O)O)Cc2ccc(Cl)cc2)n1. The number of carboxylic acids is 1. The Kier molecular flexibility index (Phi) is 5.70. The van der Waals surface area contributed by atoms with Crippen LogP contribution in [0.3, 0.4) is 0 Å². The smallest absolute Gasteiger partial charge is 0.323 e. The predicted molar refractivity (Wildman–Crippen MR) is 81.9 cm³/mol. The van der Waals surface area contributed by atoms with Gasteiger partial charge in [-0.3, -0.25) is 9.59 Å². The van der Waals surface area contributed by atoms with Gasteiger partial charge in [-0.1, -0.05) is 28.9 Å². The number of carboxylic acid groups (broad SMARTS) is 1. The number of halogens is 1. The van der Waals surface area contributed by atoms with Crippen LogP contribution >= 0.6 is 11.6 Å². The molecular formula is C15H16ClN3O4. The molecule has 0 fully saturated rings. The molecule has 0 spiro atoms. The number of nitrogens with zero attached hydrogens (tertiary/aromatic N) is 3. The van der Waals surface area contributed by atoms with E-state index in [2.05, 4.69) is 10.1 Å². The molecule has 0 aliphatic heterocycles. The lowest BCUT2D eigenvalue weighted by Crippen LogP contribution is -2.35. The zero-order valence-corrected chi connectivity index (χ0v) is 13.3. The molecule has 0 saturated heterocycles. The number of carbonyl (C=O) groups is 2. The van der Waals surface area contributed by atoms with E-state index in [1.54, 1.807) is 31.2 Å². The summed E-state index contributed by atoms with van der Waals surface area (Å²) >= 11 is 5.82. The Labute approximate surface area is 137 Å². The van der Waals surface area contributed by atoms with Crippen molar-refractivity contribution in [3.63, 3.8) is 0 Å². The Morgan fingerprint density at radius 2 is 2.00 bits per heavy atom. The molecule has 2 aromatic rings. The number of aliphatic carboxylic acids is 1. The summed E-state index contributed by atoms with van der Waals surface area (Å²) in [6.45, 7) is 1.52. The predicted octanol–water partition coefficient (Wildman–Crippen LogP) is 2.08. The normalized spacial score (nSPS) is 10.5. The molecular weight excluding hydrogens is 322 g/mol. The number of hydrogen-bond acceptors (Lipinski definition) is 5. The fourth-order valence-electron chi connectivity index (χ4n) is 2.02. The molecule has 0 bridgehead atoms. The standard InChI is InChI=1S/C15H16ClN3O4/c1-10-17-13(23-18-10)6-7-14(20)19(9-15(21)22)8-11-2-4-12(16)5-3-11/h2-5H,6-9H2,1H3,(H,21,22). The molecule has 122 valence electrons. The van der Waals surface area contributed by atoms with E-state index >= 15 is 0 Å². The van der Waals surface area contributed by atoms with E-state index in [0.717, 1.165) is 5.56 Å². The number of hydrogen-bond donors (Lipinski definition) is 1.